The van der Waals surface area contributed by atoms with E-state index < -0.39 is 0 Å². The van der Waals surface area contributed by atoms with Gasteiger partial charge in [0, 0.05) is 19.0 Å². The summed E-state index contributed by atoms with van der Waals surface area (Å²) in [7, 11) is 0. The van der Waals surface area contributed by atoms with Gasteiger partial charge in [-0.1, -0.05) is 0 Å². The lowest BCUT2D eigenvalue weighted by molar-refractivity contribution is 0.677. The number of hydrogen-bond acceptors (Lipinski definition) is 5. The molecule has 3 nitrogen and oxygen atoms in total. The molecule has 1 aliphatic heterocycles. The SMILES string of the molecule is C1CSC(c2nnc(CCNC3CC3)s2)C1. The first-order valence-corrected chi connectivity index (χ1v) is 7.95. The standard InChI is InChI=1S/C11H17N3S2/c1-2-9(15-7-1)11-14-13-10(16-11)5-6-12-8-3-4-8/h8-9,12H,1-7H2. The minimum atomic E-state index is 0.641. The Morgan fingerprint density at radius 3 is 2.94 bits per heavy atom. The van der Waals surface area contributed by atoms with Crippen molar-refractivity contribution in [2.45, 2.75) is 43.4 Å². The molecule has 2 heterocycles. The van der Waals surface area contributed by atoms with E-state index in [0.717, 1.165) is 19.0 Å². The molecule has 2 fully saturated rings. The van der Waals surface area contributed by atoms with Crippen molar-refractivity contribution < 1.29 is 0 Å². The van der Waals surface area contributed by atoms with E-state index in [-0.39, 0.29) is 0 Å². The predicted octanol–water partition coefficient (Wildman–Crippen LogP) is 2.40. The molecule has 0 aromatic carbocycles. The molecule has 1 N–H and O–H groups in total. The van der Waals surface area contributed by atoms with E-state index in [1.54, 1.807) is 0 Å². The molecular weight excluding hydrogens is 238 g/mol. The zero-order valence-electron chi connectivity index (χ0n) is 9.32. The molecule has 1 aromatic rings. The van der Waals surface area contributed by atoms with Gasteiger partial charge in [0.2, 0.25) is 0 Å². The van der Waals surface area contributed by atoms with Gasteiger partial charge in [0.1, 0.15) is 10.0 Å². The van der Waals surface area contributed by atoms with Crippen molar-refractivity contribution >= 4 is 23.1 Å². The molecule has 1 atom stereocenters. The third-order valence-electron chi connectivity index (χ3n) is 3.04. The predicted molar refractivity (Wildman–Crippen MR) is 69.1 cm³/mol. The highest BCUT2D eigenvalue weighted by atomic mass is 32.2. The summed E-state index contributed by atoms with van der Waals surface area (Å²) in [6.07, 6.45) is 6.40. The van der Waals surface area contributed by atoms with Crippen molar-refractivity contribution in [2.75, 3.05) is 12.3 Å². The highest BCUT2D eigenvalue weighted by molar-refractivity contribution is 7.99. The van der Waals surface area contributed by atoms with Crippen LogP contribution in [0.5, 0.6) is 0 Å². The topological polar surface area (TPSA) is 37.8 Å². The fourth-order valence-electron chi connectivity index (χ4n) is 1.94. The molecule has 88 valence electrons. The van der Waals surface area contributed by atoms with Crippen LogP contribution >= 0.6 is 23.1 Å². The second kappa shape index (κ2) is 5.02. The number of rotatable bonds is 5. The van der Waals surface area contributed by atoms with Crippen molar-refractivity contribution in [3.63, 3.8) is 0 Å². The summed E-state index contributed by atoms with van der Waals surface area (Å²) < 4.78 is 0. The smallest absolute Gasteiger partial charge is 0.130 e. The quantitative estimate of drug-likeness (QED) is 0.877. The Morgan fingerprint density at radius 2 is 2.19 bits per heavy atom. The molecule has 1 unspecified atom stereocenters. The second-order valence-corrected chi connectivity index (χ2v) is 6.92. The van der Waals surface area contributed by atoms with Crippen LogP contribution in [-0.2, 0) is 6.42 Å². The minimum Gasteiger partial charge on any atom is -0.314 e. The molecule has 3 rings (SSSR count). The maximum atomic E-state index is 4.33. The van der Waals surface area contributed by atoms with Gasteiger partial charge in [0.25, 0.3) is 0 Å². The van der Waals surface area contributed by atoms with Crippen LogP contribution in [0.2, 0.25) is 0 Å². The van der Waals surface area contributed by atoms with Crippen LogP contribution < -0.4 is 5.32 Å². The highest BCUT2D eigenvalue weighted by Gasteiger charge is 2.22. The van der Waals surface area contributed by atoms with Gasteiger partial charge in [-0.15, -0.1) is 21.5 Å². The molecule has 0 radical (unpaired) electrons. The summed E-state index contributed by atoms with van der Waals surface area (Å²) in [5.41, 5.74) is 0. The van der Waals surface area contributed by atoms with E-state index in [1.165, 1.54) is 41.5 Å². The minimum absolute atomic E-state index is 0.641. The van der Waals surface area contributed by atoms with Crippen molar-refractivity contribution in [3.8, 4) is 0 Å². The average molecular weight is 255 g/mol. The maximum absolute atomic E-state index is 4.33. The monoisotopic (exact) mass is 255 g/mol. The third-order valence-corrected chi connectivity index (χ3v) is 5.67. The normalized spacial score (nSPS) is 25.1. The van der Waals surface area contributed by atoms with Crippen LogP contribution in [-0.4, -0.2) is 28.5 Å². The number of nitrogens with one attached hydrogen (secondary N) is 1. The van der Waals surface area contributed by atoms with Gasteiger partial charge in [-0.05, 0) is 31.4 Å². The number of hydrogen-bond donors (Lipinski definition) is 1. The Hall–Kier alpha value is -0.130. The Labute approximate surface area is 104 Å². The molecular formula is C11H17N3S2. The van der Waals surface area contributed by atoms with E-state index in [0.29, 0.717) is 5.25 Å². The Bertz CT molecular complexity index is 343. The van der Waals surface area contributed by atoms with Crippen LogP contribution in [0, 0.1) is 0 Å². The van der Waals surface area contributed by atoms with Crippen LogP contribution in [0.3, 0.4) is 0 Å². The molecule has 1 saturated carbocycles. The van der Waals surface area contributed by atoms with Crippen LogP contribution in [0.15, 0.2) is 0 Å². The van der Waals surface area contributed by atoms with Gasteiger partial charge in [-0.2, -0.15) is 11.8 Å². The van der Waals surface area contributed by atoms with E-state index in [1.807, 2.05) is 23.1 Å². The summed E-state index contributed by atoms with van der Waals surface area (Å²) in [4.78, 5) is 0. The summed E-state index contributed by atoms with van der Waals surface area (Å²) in [5.74, 6) is 1.29. The lowest BCUT2D eigenvalue weighted by atomic mass is 10.3. The number of aromatic nitrogens is 2. The first-order valence-electron chi connectivity index (χ1n) is 6.09. The molecule has 16 heavy (non-hydrogen) atoms. The van der Waals surface area contributed by atoms with Gasteiger partial charge in [-0.25, -0.2) is 0 Å². The van der Waals surface area contributed by atoms with Gasteiger partial charge < -0.3 is 5.32 Å². The highest BCUT2D eigenvalue weighted by Crippen LogP contribution is 2.40. The molecule has 0 bridgehead atoms. The fraction of sp³-hybridized carbons (Fsp3) is 0.818. The van der Waals surface area contributed by atoms with Gasteiger partial charge in [0.15, 0.2) is 0 Å². The maximum Gasteiger partial charge on any atom is 0.130 e. The zero-order chi connectivity index (χ0) is 10.8. The lowest BCUT2D eigenvalue weighted by Crippen LogP contribution is -2.19. The number of thioether (sulfide) groups is 1. The van der Waals surface area contributed by atoms with Gasteiger partial charge in [0.05, 0.1) is 5.25 Å². The van der Waals surface area contributed by atoms with Crippen LogP contribution in [0.25, 0.3) is 0 Å². The van der Waals surface area contributed by atoms with Crippen LogP contribution in [0.4, 0.5) is 0 Å². The Morgan fingerprint density at radius 1 is 1.25 bits per heavy atom. The van der Waals surface area contributed by atoms with E-state index >= 15 is 0 Å². The van der Waals surface area contributed by atoms with E-state index in [9.17, 15) is 0 Å². The average Bonchev–Trinajstić information content (AvgIpc) is 2.83. The summed E-state index contributed by atoms with van der Waals surface area (Å²) in [6, 6.07) is 0.803. The third kappa shape index (κ3) is 2.76. The lowest BCUT2D eigenvalue weighted by Gasteiger charge is -2.00. The first kappa shape index (κ1) is 11.0. The largest absolute Gasteiger partial charge is 0.314 e. The zero-order valence-corrected chi connectivity index (χ0v) is 10.9. The molecule has 1 saturated heterocycles. The number of nitrogens with zero attached hydrogens (tertiary/aromatic N) is 2. The van der Waals surface area contributed by atoms with Crippen molar-refractivity contribution in [2.24, 2.45) is 0 Å². The molecule has 5 heteroatoms. The molecule has 0 spiro atoms. The van der Waals surface area contributed by atoms with Crippen molar-refractivity contribution in [3.05, 3.63) is 10.0 Å². The van der Waals surface area contributed by atoms with E-state index in [4.69, 9.17) is 0 Å². The van der Waals surface area contributed by atoms with E-state index in [2.05, 4.69) is 15.5 Å². The molecule has 2 aliphatic rings. The molecule has 1 aliphatic carbocycles. The molecule has 1 aromatic heterocycles. The Kier molecular flexibility index (Phi) is 3.45. The van der Waals surface area contributed by atoms with Gasteiger partial charge >= 0.3 is 0 Å². The first-order chi connectivity index (χ1) is 7.92. The molecule has 0 amide bonds. The van der Waals surface area contributed by atoms with Crippen LogP contribution in [0.1, 0.15) is 40.9 Å². The Balaban J connectivity index is 1.50. The van der Waals surface area contributed by atoms with Gasteiger partial charge in [-0.3, -0.25) is 0 Å². The second-order valence-electron chi connectivity index (χ2n) is 4.51. The van der Waals surface area contributed by atoms with Crippen molar-refractivity contribution in [1.29, 1.82) is 0 Å². The van der Waals surface area contributed by atoms with Crippen molar-refractivity contribution in [1.82, 2.24) is 15.5 Å². The fourth-order valence-corrected chi connectivity index (χ4v) is 4.29. The summed E-state index contributed by atoms with van der Waals surface area (Å²) in [5, 5.41) is 15.2. The summed E-state index contributed by atoms with van der Waals surface area (Å²) >= 11 is 3.86. The summed E-state index contributed by atoms with van der Waals surface area (Å²) in [6.45, 7) is 1.07.